The molecule has 0 spiro atoms. The van der Waals surface area contributed by atoms with E-state index in [-0.39, 0.29) is 0 Å². The third-order valence-corrected chi connectivity index (χ3v) is 5.23. The van der Waals surface area contributed by atoms with Crippen molar-refractivity contribution in [3.63, 3.8) is 0 Å². The fourth-order valence-corrected chi connectivity index (χ4v) is 4.05. The van der Waals surface area contributed by atoms with Gasteiger partial charge in [0.05, 0.1) is 0 Å². The van der Waals surface area contributed by atoms with E-state index < -0.39 is 0 Å². The standard InChI is InChI=1S/C17H35N3/c1-13(2)17(12-20(3)4)19-16-9-6-5-8-14(16)15-10-7-11-18-15/h13-19H,5-12H2,1-4H3. The fourth-order valence-electron chi connectivity index (χ4n) is 4.05. The highest BCUT2D eigenvalue weighted by Crippen LogP contribution is 2.31. The van der Waals surface area contributed by atoms with Gasteiger partial charge < -0.3 is 15.5 Å². The van der Waals surface area contributed by atoms with Crippen LogP contribution < -0.4 is 10.6 Å². The van der Waals surface area contributed by atoms with Gasteiger partial charge in [-0.2, -0.15) is 0 Å². The molecule has 0 radical (unpaired) electrons. The molecule has 4 unspecified atom stereocenters. The molecule has 1 saturated carbocycles. The van der Waals surface area contributed by atoms with Crippen molar-refractivity contribution in [2.75, 3.05) is 27.2 Å². The van der Waals surface area contributed by atoms with Crippen molar-refractivity contribution >= 4 is 0 Å². The maximum atomic E-state index is 4.03. The van der Waals surface area contributed by atoms with Gasteiger partial charge in [0.1, 0.15) is 0 Å². The van der Waals surface area contributed by atoms with E-state index in [2.05, 4.69) is 43.5 Å². The molecule has 1 aliphatic carbocycles. The van der Waals surface area contributed by atoms with E-state index >= 15 is 0 Å². The number of hydrogen-bond donors (Lipinski definition) is 2. The highest BCUT2D eigenvalue weighted by Gasteiger charge is 2.34. The molecule has 118 valence electrons. The van der Waals surface area contributed by atoms with E-state index in [1.165, 1.54) is 45.1 Å². The maximum Gasteiger partial charge on any atom is 0.0220 e. The SMILES string of the molecule is CC(C)C(CN(C)C)NC1CCCCC1C1CCCN1. The molecule has 1 aliphatic heterocycles. The van der Waals surface area contributed by atoms with Gasteiger partial charge in [0.15, 0.2) is 0 Å². The minimum Gasteiger partial charge on any atom is -0.314 e. The molecule has 1 saturated heterocycles. The van der Waals surface area contributed by atoms with Crippen LogP contribution in [0.25, 0.3) is 0 Å². The summed E-state index contributed by atoms with van der Waals surface area (Å²) in [7, 11) is 4.38. The van der Waals surface area contributed by atoms with Crippen LogP contribution in [-0.2, 0) is 0 Å². The molecule has 0 amide bonds. The first-order valence-corrected chi connectivity index (χ1v) is 8.72. The van der Waals surface area contributed by atoms with E-state index in [1.807, 2.05) is 0 Å². The molecule has 3 heteroatoms. The smallest absolute Gasteiger partial charge is 0.0220 e. The maximum absolute atomic E-state index is 4.03. The second-order valence-electron chi connectivity index (χ2n) is 7.54. The largest absolute Gasteiger partial charge is 0.314 e. The molecule has 0 aromatic heterocycles. The summed E-state index contributed by atoms with van der Waals surface area (Å²) in [6.07, 6.45) is 8.40. The van der Waals surface area contributed by atoms with Gasteiger partial charge in [-0.05, 0) is 58.2 Å². The molecule has 2 N–H and O–H groups in total. The highest BCUT2D eigenvalue weighted by molar-refractivity contribution is 4.93. The third kappa shape index (κ3) is 4.44. The predicted octanol–water partition coefficient (Wildman–Crippen LogP) is 2.47. The van der Waals surface area contributed by atoms with E-state index in [4.69, 9.17) is 0 Å². The zero-order chi connectivity index (χ0) is 14.5. The van der Waals surface area contributed by atoms with Crippen molar-refractivity contribution in [3.05, 3.63) is 0 Å². The minimum atomic E-state index is 0.622. The van der Waals surface area contributed by atoms with E-state index in [9.17, 15) is 0 Å². The number of likely N-dealkylation sites (N-methyl/N-ethyl adjacent to an activating group) is 1. The van der Waals surface area contributed by atoms with Crippen LogP contribution in [0.3, 0.4) is 0 Å². The quantitative estimate of drug-likeness (QED) is 0.783. The van der Waals surface area contributed by atoms with Gasteiger partial charge in [-0.1, -0.05) is 26.7 Å². The summed E-state index contributed by atoms with van der Waals surface area (Å²) in [6.45, 7) is 7.10. The number of hydrogen-bond acceptors (Lipinski definition) is 3. The summed E-state index contributed by atoms with van der Waals surface area (Å²) in [4.78, 5) is 2.32. The lowest BCUT2D eigenvalue weighted by Gasteiger charge is -2.40. The van der Waals surface area contributed by atoms with Gasteiger partial charge >= 0.3 is 0 Å². The van der Waals surface area contributed by atoms with Crippen molar-refractivity contribution in [2.24, 2.45) is 11.8 Å². The molecule has 4 atom stereocenters. The Balaban J connectivity index is 1.95. The van der Waals surface area contributed by atoms with Crippen LogP contribution in [0.5, 0.6) is 0 Å². The van der Waals surface area contributed by atoms with Crippen LogP contribution in [0.15, 0.2) is 0 Å². The zero-order valence-electron chi connectivity index (χ0n) is 14.0. The average molecular weight is 281 g/mol. The summed E-state index contributed by atoms with van der Waals surface area (Å²) in [5, 5.41) is 7.78. The summed E-state index contributed by atoms with van der Waals surface area (Å²) >= 11 is 0. The highest BCUT2D eigenvalue weighted by atomic mass is 15.1. The molecule has 20 heavy (non-hydrogen) atoms. The Hall–Kier alpha value is -0.120. The topological polar surface area (TPSA) is 27.3 Å². The zero-order valence-corrected chi connectivity index (χ0v) is 14.0. The second kappa shape index (κ2) is 7.77. The summed E-state index contributed by atoms with van der Waals surface area (Å²) in [6, 6.07) is 2.13. The number of nitrogens with zero attached hydrogens (tertiary/aromatic N) is 1. The average Bonchev–Trinajstić information content (AvgIpc) is 2.91. The van der Waals surface area contributed by atoms with Crippen LogP contribution in [0, 0.1) is 11.8 Å². The first-order chi connectivity index (χ1) is 9.58. The lowest BCUT2D eigenvalue weighted by atomic mass is 9.78. The van der Waals surface area contributed by atoms with Crippen molar-refractivity contribution in [1.29, 1.82) is 0 Å². The first-order valence-electron chi connectivity index (χ1n) is 8.72. The van der Waals surface area contributed by atoms with Crippen LogP contribution in [0.2, 0.25) is 0 Å². The van der Waals surface area contributed by atoms with Gasteiger partial charge in [0, 0.05) is 24.7 Å². The van der Waals surface area contributed by atoms with Crippen LogP contribution >= 0.6 is 0 Å². The number of nitrogens with one attached hydrogen (secondary N) is 2. The summed E-state index contributed by atoms with van der Waals surface area (Å²) in [5.74, 6) is 1.56. The van der Waals surface area contributed by atoms with Crippen LogP contribution in [-0.4, -0.2) is 50.2 Å². The van der Waals surface area contributed by atoms with Gasteiger partial charge in [-0.15, -0.1) is 0 Å². The van der Waals surface area contributed by atoms with Gasteiger partial charge in [0.25, 0.3) is 0 Å². The number of rotatable bonds is 6. The Morgan fingerprint density at radius 2 is 1.85 bits per heavy atom. The lowest BCUT2D eigenvalue weighted by molar-refractivity contribution is 0.174. The Kier molecular flexibility index (Phi) is 6.31. The monoisotopic (exact) mass is 281 g/mol. The molecule has 3 nitrogen and oxygen atoms in total. The Morgan fingerprint density at radius 1 is 1.10 bits per heavy atom. The van der Waals surface area contributed by atoms with Gasteiger partial charge in [-0.3, -0.25) is 0 Å². The Bertz CT molecular complexity index is 271. The Labute approximate surface area is 125 Å². The van der Waals surface area contributed by atoms with Crippen molar-refractivity contribution in [2.45, 2.75) is 70.5 Å². The van der Waals surface area contributed by atoms with Crippen molar-refractivity contribution in [1.82, 2.24) is 15.5 Å². The van der Waals surface area contributed by atoms with Gasteiger partial charge in [0.2, 0.25) is 0 Å². The predicted molar refractivity (Wildman–Crippen MR) is 87.1 cm³/mol. The third-order valence-electron chi connectivity index (χ3n) is 5.23. The van der Waals surface area contributed by atoms with E-state index in [0.717, 1.165) is 24.5 Å². The van der Waals surface area contributed by atoms with Crippen molar-refractivity contribution in [3.8, 4) is 0 Å². The first kappa shape index (κ1) is 16.3. The van der Waals surface area contributed by atoms with Crippen molar-refractivity contribution < 1.29 is 0 Å². The molecule has 2 aliphatic rings. The summed E-state index contributed by atoms with van der Waals surface area (Å²) < 4.78 is 0. The van der Waals surface area contributed by atoms with Gasteiger partial charge in [-0.25, -0.2) is 0 Å². The fraction of sp³-hybridized carbons (Fsp3) is 1.00. The Morgan fingerprint density at radius 3 is 2.45 bits per heavy atom. The molecular formula is C17H35N3. The molecule has 2 rings (SSSR count). The molecule has 2 fully saturated rings. The molecule has 0 aromatic rings. The van der Waals surface area contributed by atoms with E-state index in [1.54, 1.807) is 0 Å². The minimum absolute atomic E-state index is 0.622. The molecular weight excluding hydrogens is 246 g/mol. The second-order valence-corrected chi connectivity index (χ2v) is 7.54. The lowest BCUT2D eigenvalue weighted by Crippen LogP contribution is -2.53. The normalized spacial score (nSPS) is 33.0. The molecule has 0 aromatic carbocycles. The van der Waals surface area contributed by atoms with E-state index in [0.29, 0.717) is 12.0 Å². The summed E-state index contributed by atoms with van der Waals surface area (Å²) in [5.41, 5.74) is 0. The molecule has 1 heterocycles. The van der Waals surface area contributed by atoms with Crippen LogP contribution in [0.4, 0.5) is 0 Å². The van der Waals surface area contributed by atoms with Crippen LogP contribution in [0.1, 0.15) is 52.4 Å². The molecule has 0 bridgehead atoms.